The van der Waals surface area contributed by atoms with Gasteiger partial charge in [-0.3, -0.25) is 0 Å². The maximum Gasteiger partial charge on any atom is 0.129 e. The van der Waals surface area contributed by atoms with E-state index in [1.807, 2.05) is 0 Å². The Kier molecular flexibility index (Phi) is 3.79. The van der Waals surface area contributed by atoms with Crippen molar-refractivity contribution in [3.63, 3.8) is 0 Å². The van der Waals surface area contributed by atoms with Gasteiger partial charge in [-0.15, -0.1) is 0 Å². The van der Waals surface area contributed by atoms with Crippen LogP contribution in [0.25, 0.3) is 0 Å². The molecule has 7 heteroatoms. The first-order valence-corrected chi connectivity index (χ1v) is 6.64. The van der Waals surface area contributed by atoms with Gasteiger partial charge in [-0.1, -0.05) is 11.6 Å². The molecule has 2 atom stereocenters. The lowest BCUT2D eigenvalue weighted by Crippen LogP contribution is -2.37. The van der Waals surface area contributed by atoms with Gasteiger partial charge in [0.1, 0.15) is 21.7 Å². The van der Waals surface area contributed by atoms with E-state index in [1.165, 1.54) is 6.20 Å². The summed E-state index contributed by atoms with van der Waals surface area (Å²) in [4.78, 5) is 4.40. The van der Waals surface area contributed by atoms with Crippen LogP contribution < -0.4 is 0 Å². The van der Waals surface area contributed by atoms with Gasteiger partial charge < -0.3 is 10.2 Å². The van der Waals surface area contributed by atoms with E-state index < -0.39 is 16.6 Å². The second-order valence-electron chi connectivity index (χ2n) is 4.06. The molecule has 0 spiro atoms. The zero-order valence-electron chi connectivity index (χ0n) is 9.04. The molecule has 0 bridgehead atoms. The van der Waals surface area contributed by atoms with E-state index >= 15 is 0 Å². The first-order valence-electron chi connectivity index (χ1n) is 5.16. The van der Waals surface area contributed by atoms with Crippen molar-refractivity contribution in [3.8, 4) is 0 Å². The molecule has 1 aromatic rings. The van der Waals surface area contributed by atoms with Gasteiger partial charge in [0.15, 0.2) is 0 Å². The van der Waals surface area contributed by atoms with Gasteiger partial charge >= 0.3 is 0 Å². The van der Waals surface area contributed by atoms with Crippen molar-refractivity contribution in [2.24, 2.45) is 0 Å². The van der Waals surface area contributed by atoms with E-state index in [9.17, 15) is 9.32 Å². The van der Waals surface area contributed by atoms with E-state index in [-0.39, 0.29) is 13.2 Å². The first kappa shape index (κ1) is 12.9. The fourth-order valence-corrected chi connectivity index (χ4v) is 3.06. The Morgan fingerprint density at radius 3 is 2.88 bits per heavy atom. The van der Waals surface area contributed by atoms with E-state index in [2.05, 4.69) is 4.98 Å². The number of rotatable bonds is 3. The number of hydrogen-bond acceptors (Lipinski definition) is 4. The zero-order chi connectivity index (χ0) is 12.5. The van der Waals surface area contributed by atoms with Crippen LogP contribution in [0, 0.1) is 0 Å². The summed E-state index contributed by atoms with van der Waals surface area (Å²) in [6, 6.07) is 3.21. The zero-order valence-corrected chi connectivity index (χ0v) is 10.6. The molecule has 1 fully saturated rings. The molecule has 0 aromatic carbocycles. The van der Waals surface area contributed by atoms with Crippen LogP contribution in [0.4, 0.5) is 0 Å². The van der Waals surface area contributed by atoms with E-state index in [4.69, 9.17) is 16.7 Å². The van der Waals surface area contributed by atoms with Crippen molar-refractivity contribution in [3.05, 3.63) is 23.5 Å². The topological polar surface area (TPSA) is 73.7 Å². The van der Waals surface area contributed by atoms with Crippen LogP contribution in [0.3, 0.4) is 0 Å². The fourth-order valence-electron chi connectivity index (χ4n) is 1.70. The Morgan fingerprint density at radius 2 is 2.35 bits per heavy atom. The van der Waals surface area contributed by atoms with Gasteiger partial charge in [0.25, 0.3) is 0 Å². The Hall–Kier alpha value is -0.530. The molecule has 2 N–H and O–H groups in total. The summed E-state index contributed by atoms with van der Waals surface area (Å²) in [6.45, 7) is 0.352. The van der Waals surface area contributed by atoms with Gasteiger partial charge in [-0.25, -0.2) is 13.5 Å². The average Bonchev–Trinajstić information content (AvgIpc) is 2.73. The number of nitrogens with zero attached hydrogens (tertiary/aromatic N) is 2. The predicted octanol–water partition coefficient (Wildman–Crippen LogP) is 0.187. The highest BCUT2D eigenvalue weighted by atomic mass is 35.5. The molecule has 0 amide bonds. The summed E-state index contributed by atoms with van der Waals surface area (Å²) in [7, 11) is -1.37. The van der Waals surface area contributed by atoms with Crippen LogP contribution in [0.15, 0.2) is 23.2 Å². The summed E-state index contributed by atoms with van der Waals surface area (Å²) in [5, 5.41) is 19.2. The van der Waals surface area contributed by atoms with Crippen LogP contribution in [0.5, 0.6) is 0 Å². The van der Waals surface area contributed by atoms with E-state index in [0.29, 0.717) is 23.0 Å². The van der Waals surface area contributed by atoms with Gasteiger partial charge in [-0.2, -0.15) is 0 Å². The largest absolute Gasteiger partial charge is 0.393 e. The van der Waals surface area contributed by atoms with Crippen molar-refractivity contribution in [2.45, 2.75) is 16.9 Å². The molecule has 0 saturated carbocycles. The third-order valence-electron chi connectivity index (χ3n) is 2.73. The Bertz CT molecular complexity index is 428. The molecule has 2 rings (SSSR count). The minimum Gasteiger partial charge on any atom is -0.393 e. The Morgan fingerprint density at radius 1 is 1.59 bits per heavy atom. The number of halogens is 1. The van der Waals surface area contributed by atoms with Crippen molar-refractivity contribution < 1.29 is 14.4 Å². The van der Waals surface area contributed by atoms with Crippen LogP contribution in [0.1, 0.15) is 6.42 Å². The SMILES string of the molecule is O=S(c1ccc(Cl)nc1)N1CCC(O)(CO)C1. The number of aromatic nitrogens is 1. The number of aliphatic hydroxyl groups is 2. The molecular formula is C10H13ClN2O3S. The van der Waals surface area contributed by atoms with Crippen LogP contribution in [-0.2, 0) is 11.0 Å². The fraction of sp³-hybridized carbons (Fsp3) is 0.500. The summed E-state index contributed by atoms with van der Waals surface area (Å²) < 4.78 is 13.7. The van der Waals surface area contributed by atoms with Gasteiger partial charge in [0.05, 0.1) is 11.5 Å². The summed E-state index contributed by atoms with van der Waals surface area (Å²) in [5.41, 5.74) is -1.14. The minimum absolute atomic E-state index is 0.193. The molecule has 1 aliphatic rings. The van der Waals surface area contributed by atoms with Gasteiger partial charge in [-0.05, 0) is 18.6 Å². The summed E-state index contributed by atoms with van der Waals surface area (Å²) in [6.07, 6.45) is 1.87. The van der Waals surface area contributed by atoms with Crippen LogP contribution >= 0.6 is 11.6 Å². The van der Waals surface area contributed by atoms with Crippen molar-refractivity contribution >= 4 is 22.6 Å². The van der Waals surface area contributed by atoms with Crippen molar-refractivity contribution in [1.82, 2.24) is 9.29 Å². The van der Waals surface area contributed by atoms with E-state index in [0.717, 1.165) is 0 Å². The second kappa shape index (κ2) is 4.99. The number of pyridine rings is 1. The monoisotopic (exact) mass is 276 g/mol. The first-order chi connectivity index (χ1) is 8.04. The smallest absolute Gasteiger partial charge is 0.129 e. The minimum atomic E-state index is -1.37. The standard InChI is InChI=1S/C10H13ClN2O3S/c11-9-2-1-8(5-12-9)17(16)13-4-3-10(15,6-13)7-14/h1-2,5,14-15H,3-4,6-7H2. The Labute approximate surface area is 107 Å². The normalized spacial score (nSPS) is 27.2. The molecule has 94 valence electrons. The molecular weight excluding hydrogens is 264 g/mol. The highest BCUT2D eigenvalue weighted by molar-refractivity contribution is 7.82. The molecule has 1 aliphatic heterocycles. The number of aliphatic hydroxyl groups excluding tert-OH is 1. The molecule has 17 heavy (non-hydrogen) atoms. The van der Waals surface area contributed by atoms with Crippen LogP contribution in [0.2, 0.25) is 5.15 Å². The number of β-amino-alcohol motifs (C(OH)–C–C–N with tert-alkyl or cyclic N) is 1. The quantitative estimate of drug-likeness (QED) is 0.773. The molecule has 2 heterocycles. The second-order valence-corrected chi connectivity index (χ2v) is 5.94. The maximum atomic E-state index is 12.1. The highest BCUT2D eigenvalue weighted by Crippen LogP contribution is 2.24. The van der Waals surface area contributed by atoms with Crippen molar-refractivity contribution in [1.29, 1.82) is 0 Å². The Balaban J connectivity index is 2.09. The number of hydrogen-bond donors (Lipinski definition) is 2. The molecule has 0 aliphatic carbocycles. The molecule has 2 unspecified atom stereocenters. The summed E-state index contributed by atoms with van der Waals surface area (Å²) in [5.74, 6) is 0. The van der Waals surface area contributed by atoms with Gasteiger partial charge in [0, 0.05) is 19.3 Å². The lowest BCUT2D eigenvalue weighted by molar-refractivity contribution is -0.000503. The lowest BCUT2D eigenvalue weighted by Gasteiger charge is -2.19. The summed E-state index contributed by atoms with van der Waals surface area (Å²) >= 11 is 5.65. The van der Waals surface area contributed by atoms with Gasteiger partial charge in [0.2, 0.25) is 0 Å². The van der Waals surface area contributed by atoms with E-state index in [1.54, 1.807) is 16.4 Å². The third kappa shape index (κ3) is 2.83. The molecule has 1 aromatic heterocycles. The maximum absolute atomic E-state index is 12.1. The van der Waals surface area contributed by atoms with Crippen molar-refractivity contribution in [2.75, 3.05) is 19.7 Å². The molecule has 1 saturated heterocycles. The molecule has 5 nitrogen and oxygen atoms in total. The highest BCUT2D eigenvalue weighted by Gasteiger charge is 2.38. The lowest BCUT2D eigenvalue weighted by atomic mass is 10.1. The third-order valence-corrected chi connectivity index (χ3v) is 4.38. The molecule has 0 radical (unpaired) electrons. The predicted molar refractivity (Wildman–Crippen MR) is 63.9 cm³/mol. The van der Waals surface area contributed by atoms with Crippen LogP contribution in [-0.4, -0.2) is 49.0 Å². The average molecular weight is 277 g/mol.